The van der Waals surface area contributed by atoms with Gasteiger partial charge in [-0.05, 0) is 24.3 Å². The molecule has 68 valence electrons. The van der Waals surface area contributed by atoms with Crippen molar-refractivity contribution in [2.75, 3.05) is 11.1 Å². The van der Waals surface area contributed by atoms with Crippen LogP contribution < -0.4 is 11.1 Å². The van der Waals surface area contributed by atoms with Crippen molar-refractivity contribution in [3.8, 4) is 0 Å². The van der Waals surface area contributed by atoms with Crippen LogP contribution in [0.4, 0.5) is 11.4 Å². The number of amides is 1. The first-order valence-electron chi connectivity index (χ1n) is 3.62. The van der Waals surface area contributed by atoms with E-state index in [2.05, 4.69) is 27.8 Å². The maximum atomic E-state index is 10.9. The van der Waals surface area contributed by atoms with Gasteiger partial charge in [0.25, 0.3) is 0 Å². The molecule has 0 bridgehead atoms. The van der Waals surface area contributed by atoms with Gasteiger partial charge in [-0.3, -0.25) is 4.79 Å². The maximum Gasteiger partial charge on any atom is 0.247 e. The van der Waals surface area contributed by atoms with Crippen molar-refractivity contribution in [2.24, 2.45) is 0 Å². The molecular formula is C9H9BrN2O. The van der Waals surface area contributed by atoms with Crippen LogP contribution in [0, 0.1) is 0 Å². The van der Waals surface area contributed by atoms with Crippen LogP contribution in [0.5, 0.6) is 0 Å². The SMILES string of the molecule is C=CC(=O)Nc1ccc(Br)cc1N. The second-order valence-corrected chi connectivity index (χ2v) is 3.34. The summed E-state index contributed by atoms with van der Waals surface area (Å²) in [5, 5.41) is 2.58. The molecule has 0 saturated heterocycles. The van der Waals surface area contributed by atoms with Crippen LogP contribution in [-0.4, -0.2) is 5.91 Å². The minimum Gasteiger partial charge on any atom is -0.397 e. The van der Waals surface area contributed by atoms with Gasteiger partial charge in [0, 0.05) is 4.47 Å². The van der Waals surface area contributed by atoms with Crippen molar-refractivity contribution in [2.45, 2.75) is 0 Å². The molecule has 1 amide bonds. The summed E-state index contributed by atoms with van der Waals surface area (Å²) in [7, 11) is 0. The van der Waals surface area contributed by atoms with Gasteiger partial charge in [0.1, 0.15) is 0 Å². The third kappa shape index (κ3) is 2.59. The van der Waals surface area contributed by atoms with Gasteiger partial charge < -0.3 is 11.1 Å². The number of halogens is 1. The second-order valence-electron chi connectivity index (χ2n) is 2.42. The second kappa shape index (κ2) is 4.09. The average Bonchev–Trinajstić information content (AvgIpc) is 2.09. The molecule has 13 heavy (non-hydrogen) atoms. The number of hydrogen-bond donors (Lipinski definition) is 2. The van der Waals surface area contributed by atoms with Gasteiger partial charge in [-0.1, -0.05) is 22.5 Å². The molecule has 0 unspecified atom stereocenters. The Hall–Kier alpha value is -1.29. The fourth-order valence-corrected chi connectivity index (χ4v) is 1.21. The third-order valence-corrected chi connectivity index (χ3v) is 1.95. The number of carbonyl (C=O) groups excluding carboxylic acids is 1. The van der Waals surface area contributed by atoms with Crippen LogP contribution in [0.15, 0.2) is 35.3 Å². The Balaban J connectivity index is 2.89. The summed E-state index contributed by atoms with van der Waals surface area (Å²) < 4.78 is 0.876. The lowest BCUT2D eigenvalue weighted by molar-refractivity contribution is -0.111. The van der Waals surface area contributed by atoms with Crippen LogP contribution in [-0.2, 0) is 4.79 Å². The molecule has 1 aromatic rings. The quantitative estimate of drug-likeness (QED) is 0.615. The number of nitrogens with two attached hydrogens (primary N) is 1. The Bertz CT molecular complexity index is 349. The predicted molar refractivity (Wildman–Crippen MR) is 57.4 cm³/mol. The van der Waals surface area contributed by atoms with Crippen molar-refractivity contribution in [1.82, 2.24) is 0 Å². The molecule has 0 spiro atoms. The fourth-order valence-electron chi connectivity index (χ4n) is 0.831. The van der Waals surface area contributed by atoms with Gasteiger partial charge in [-0.15, -0.1) is 0 Å². The van der Waals surface area contributed by atoms with Crippen LogP contribution in [0.3, 0.4) is 0 Å². The number of hydrogen-bond acceptors (Lipinski definition) is 2. The van der Waals surface area contributed by atoms with Gasteiger partial charge in [0.05, 0.1) is 11.4 Å². The van der Waals surface area contributed by atoms with E-state index in [-0.39, 0.29) is 5.91 Å². The monoisotopic (exact) mass is 240 g/mol. The van der Waals surface area contributed by atoms with E-state index in [1.807, 2.05) is 0 Å². The molecule has 3 nitrogen and oxygen atoms in total. The summed E-state index contributed by atoms with van der Waals surface area (Å²) in [5.74, 6) is -0.269. The molecule has 0 radical (unpaired) electrons. The molecule has 0 aliphatic carbocycles. The summed E-state index contributed by atoms with van der Waals surface area (Å²) in [4.78, 5) is 10.9. The van der Waals surface area contributed by atoms with E-state index < -0.39 is 0 Å². The standard InChI is InChI=1S/C9H9BrN2O/c1-2-9(13)12-8-4-3-6(10)5-7(8)11/h2-5H,1,11H2,(H,12,13). The highest BCUT2D eigenvalue weighted by atomic mass is 79.9. The van der Waals surface area contributed by atoms with E-state index in [4.69, 9.17) is 5.73 Å². The van der Waals surface area contributed by atoms with Crippen LogP contribution in [0.1, 0.15) is 0 Å². The molecule has 0 aliphatic heterocycles. The van der Waals surface area contributed by atoms with Crippen molar-refractivity contribution < 1.29 is 4.79 Å². The zero-order chi connectivity index (χ0) is 9.84. The molecule has 4 heteroatoms. The van der Waals surface area contributed by atoms with Crippen LogP contribution >= 0.6 is 15.9 Å². The summed E-state index contributed by atoms with van der Waals surface area (Å²) >= 11 is 3.27. The lowest BCUT2D eigenvalue weighted by atomic mass is 10.2. The molecule has 3 N–H and O–H groups in total. The molecule has 0 atom stereocenters. The topological polar surface area (TPSA) is 55.1 Å². The Morgan fingerprint density at radius 3 is 2.85 bits per heavy atom. The Morgan fingerprint density at radius 2 is 2.31 bits per heavy atom. The van der Waals surface area contributed by atoms with E-state index in [1.165, 1.54) is 6.08 Å². The van der Waals surface area contributed by atoms with Crippen molar-refractivity contribution in [3.05, 3.63) is 35.3 Å². The van der Waals surface area contributed by atoms with E-state index in [0.717, 1.165) is 4.47 Å². The highest BCUT2D eigenvalue weighted by Gasteiger charge is 2.01. The Morgan fingerprint density at radius 1 is 1.62 bits per heavy atom. The fraction of sp³-hybridized carbons (Fsp3) is 0. The van der Waals surface area contributed by atoms with Crippen LogP contribution in [0.2, 0.25) is 0 Å². The van der Waals surface area contributed by atoms with Crippen molar-refractivity contribution >= 4 is 33.2 Å². The summed E-state index contributed by atoms with van der Waals surface area (Å²) in [6.07, 6.45) is 1.20. The minimum absolute atomic E-state index is 0.269. The summed E-state index contributed by atoms with van der Waals surface area (Å²) in [6.45, 7) is 3.34. The number of anilines is 2. The smallest absolute Gasteiger partial charge is 0.247 e. The number of benzene rings is 1. The number of rotatable bonds is 2. The third-order valence-electron chi connectivity index (χ3n) is 1.46. The summed E-state index contributed by atoms with van der Waals surface area (Å²) in [6, 6.07) is 5.24. The highest BCUT2D eigenvalue weighted by molar-refractivity contribution is 9.10. The highest BCUT2D eigenvalue weighted by Crippen LogP contribution is 2.22. The van der Waals surface area contributed by atoms with Gasteiger partial charge in [0.15, 0.2) is 0 Å². The number of carbonyl (C=O) groups is 1. The molecule has 1 aromatic carbocycles. The lowest BCUT2D eigenvalue weighted by Crippen LogP contribution is -2.09. The lowest BCUT2D eigenvalue weighted by Gasteiger charge is -2.05. The Labute approximate surface area is 84.8 Å². The van der Waals surface area contributed by atoms with Gasteiger partial charge in [-0.25, -0.2) is 0 Å². The van der Waals surface area contributed by atoms with Crippen LogP contribution in [0.25, 0.3) is 0 Å². The first-order chi connectivity index (χ1) is 6.13. The molecule has 1 rings (SSSR count). The van der Waals surface area contributed by atoms with Crippen molar-refractivity contribution in [3.63, 3.8) is 0 Å². The molecule has 0 aromatic heterocycles. The Kier molecular flexibility index (Phi) is 3.08. The van der Waals surface area contributed by atoms with Gasteiger partial charge in [0.2, 0.25) is 5.91 Å². The summed E-state index contributed by atoms with van der Waals surface area (Å²) in [5.41, 5.74) is 6.75. The minimum atomic E-state index is -0.269. The van der Waals surface area contributed by atoms with E-state index in [1.54, 1.807) is 18.2 Å². The average molecular weight is 241 g/mol. The first-order valence-corrected chi connectivity index (χ1v) is 4.41. The largest absolute Gasteiger partial charge is 0.397 e. The number of nitrogen functional groups attached to an aromatic ring is 1. The van der Waals surface area contributed by atoms with Gasteiger partial charge >= 0.3 is 0 Å². The van der Waals surface area contributed by atoms with E-state index in [9.17, 15) is 4.79 Å². The maximum absolute atomic E-state index is 10.9. The van der Waals surface area contributed by atoms with E-state index >= 15 is 0 Å². The molecule has 0 fully saturated rings. The van der Waals surface area contributed by atoms with Crippen molar-refractivity contribution in [1.29, 1.82) is 0 Å². The predicted octanol–water partition coefficient (Wildman–Crippen LogP) is 2.16. The molecule has 0 saturated carbocycles. The molecular weight excluding hydrogens is 232 g/mol. The first kappa shape index (κ1) is 9.80. The van der Waals surface area contributed by atoms with E-state index in [0.29, 0.717) is 11.4 Å². The normalized spacial score (nSPS) is 9.31. The molecule has 0 aliphatic rings. The number of nitrogens with one attached hydrogen (secondary N) is 1. The zero-order valence-electron chi connectivity index (χ0n) is 6.88. The van der Waals surface area contributed by atoms with Gasteiger partial charge in [-0.2, -0.15) is 0 Å². The zero-order valence-corrected chi connectivity index (χ0v) is 8.47. The molecule has 0 heterocycles.